The van der Waals surface area contributed by atoms with Crippen molar-refractivity contribution < 1.29 is 14.7 Å². The Morgan fingerprint density at radius 3 is 2.26 bits per heavy atom. The van der Waals surface area contributed by atoms with Gasteiger partial charge in [-0.05, 0) is 19.4 Å². The van der Waals surface area contributed by atoms with Crippen LogP contribution >= 0.6 is 0 Å². The molecular weight excluding hydrogens is 252 g/mol. The van der Waals surface area contributed by atoms with Gasteiger partial charge in [-0.25, -0.2) is 0 Å². The van der Waals surface area contributed by atoms with E-state index in [0.29, 0.717) is 6.42 Å². The molecule has 1 saturated heterocycles. The summed E-state index contributed by atoms with van der Waals surface area (Å²) in [5, 5.41) is 11.9. The van der Waals surface area contributed by atoms with E-state index in [0.717, 1.165) is 58.6 Å². The van der Waals surface area contributed by atoms with Crippen LogP contribution in [0.1, 0.15) is 12.8 Å². The zero-order chi connectivity index (χ0) is 13.9. The molecule has 1 fully saturated rings. The fourth-order valence-electron chi connectivity index (χ4n) is 2.13. The Hall–Kier alpha value is -1.41. The SMILES string of the molecule is O=CNCCCN1CCN(CCCO[N+](=O)[O-])CC1. The molecule has 0 atom stereocenters. The summed E-state index contributed by atoms with van der Waals surface area (Å²) in [5.74, 6) is 0. The van der Waals surface area contributed by atoms with Crippen molar-refractivity contribution >= 4 is 6.41 Å². The van der Waals surface area contributed by atoms with E-state index in [9.17, 15) is 14.9 Å². The van der Waals surface area contributed by atoms with Crippen molar-refractivity contribution in [3.05, 3.63) is 10.1 Å². The van der Waals surface area contributed by atoms with Crippen LogP contribution in [0.2, 0.25) is 0 Å². The number of hydrogen-bond donors (Lipinski definition) is 1. The number of piperazine rings is 1. The third-order valence-corrected chi connectivity index (χ3v) is 3.16. The number of hydrogen-bond acceptors (Lipinski definition) is 6. The van der Waals surface area contributed by atoms with Gasteiger partial charge in [0, 0.05) is 39.3 Å². The Morgan fingerprint density at radius 2 is 1.74 bits per heavy atom. The van der Waals surface area contributed by atoms with Gasteiger partial charge in [0.2, 0.25) is 6.41 Å². The highest BCUT2D eigenvalue weighted by molar-refractivity contribution is 5.45. The van der Waals surface area contributed by atoms with Crippen molar-refractivity contribution in [1.82, 2.24) is 15.1 Å². The van der Waals surface area contributed by atoms with Crippen LogP contribution in [-0.2, 0) is 9.63 Å². The number of nitrogens with zero attached hydrogens (tertiary/aromatic N) is 3. The maximum absolute atomic E-state index is 10.1. The average molecular weight is 274 g/mol. The summed E-state index contributed by atoms with van der Waals surface area (Å²) in [6, 6.07) is 0. The highest BCUT2D eigenvalue weighted by atomic mass is 16.9. The standard InChI is InChI=1S/C11H22N4O4/c16-11-12-3-1-4-13-6-8-14(9-7-13)5-2-10-19-15(17)18/h11H,1-10H2,(H,12,16). The summed E-state index contributed by atoms with van der Waals surface area (Å²) in [4.78, 5) is 29.0. The summed E-state index contributed by atoms with van der Waals surface area (Å²) in [6.07, 6.45) is 2.38. The smallest absolute Gasteiger partial charge is 0.294 e. The van der Waals surface area contributed by atoms with Crippen LogP contribution in [0, 0.1) is 10.1 Å². The normalized spacial score (nSPS) is 17.1. The van der Waals surface area contributed by atoms with Crippen LogP contribution in [0.3, 0.4) is 0 Å². The summed E-state index contributed by atoms with van der Waals surface area (Å²) >= 11 is 0. The second kappa shape index (κ2) is 9.51. The molecule has 1 aliphatic heterocycles. The van der Waals surface area contributed by atoms with Crippen molar-refractivity contribution in [2.75, 3.05) is 52.4 Å². The lowest BCUT2D eigenvalue weighted by molar-refractivity contribution is -0.757. The summed E-state index contributed by atoms with van der Waals surface area (Å²) < 4.78 is 0. The molecule has 0 spiro atoms. The summed E-state index contributed by atoms with van der Waals surface area (Å²) in [7, 11) is 0. The Bertz CT molecular complexity index is 269. The Labute approximate surface area is 112 Å². The molecule has 8 heteroatoms. The molecule has 0 unspecified atom stereocenters. The first-order valence-electron chi connectivity index (χ1n) is 6.61. The van der Waals surface area contributed by atoms with Crippen molar-refractivity contribution in [2.45, 2.75) is 12.8 Å². The van der Waals surface area contributed by atoms with E-state index >= 15 is 0 Å². The molecule has 0 saturated carbocycles. The fourth-order valence-corrected chi connectivity index (χ4v) is 2.13. The predicted molar refractivity (Wildman–Crippen MR) is 69.1 cm³/mol. The Kier molecular flexibility index (Phi) is 7.83. The van der Waals surface area contributed by atoms with Crippen LogP contribution in [0.4, 0.5) is 0 Å². The molecule has 0 aliphatic carbocycles. The highest BCUT2D eigenvalue weighted by Crippen LogP contribution is 2.03. The van der Waals surface area contributed by atoms with E-state index in [1.54, 1.807) is 0 Å². The molecule has 1 rings (SSSR count). The third-order valence-electron chi connectivity index (χ3n) is 3.16. The van der Waals surface area contributed by atoms with Gasteiger partial charge in [-0.1, -0.05) is 0 Å². The molecule has 110 valence electrons. The molecule has 0 aromatic heterocycles. The lowest BCUT2D eigenvalue weighted by Gasteiger charge is -2.34. The number of amides is 1. The number of carbonyl (C=O) groups excluding carboxylic acids is 1. The molecule has 1 aliphatic rings. The van der Waals surface area contributed by atoms with Gasteiger partial charge in [0.1, 0.15) is 0 Å². The van der Waals surface area contributed by atoms with Crippen LogP contribution in [0.15, 0.2) is 0 Å². The first-order chi connectivity index (χ1) is 9.22. The molecular formula is C11H22N4O4. The number of rotatable bonds is 10. The van der Waals surface area contributed by atoms with E-state index in [1.165, 1.54) is 0 Å². The molecule has 0 radical (unpaired) electrons. The predicted octanol–water partition coefficient (Wildman–Crippen LogP) is -0.661. The average Bonchev–Trinajstić information content (AvgIpc) is 2.41. The minimum atomic E-state index is -0.745. The van der Waals surface area contributed by atoms with Crippen LogP contribution in [-0.4, -0.2) is 73.7 Å². The van der Waals surface area contributed by atoms with Crippen molar-refractivity contribution in [3.8, 4) is 0 Å². The van der Waals surface area contributed by atoms with Gasteiger partial charge in [-0.3, -0.25) is 4.79 Å². The van der Waals surface area contributed by atoms with Gasteiger partial charge in [0.25, 0.3) is 5.09 Å². The molecule has 0 bridgehead atoms. The summed E-state index contributed by atoms with van der Waals surface area (Å²) in [5.41, 5.74) is 0. The van der Waals surface area contributed by atoms with Crippen molar-refractivity contribution in [3.63, 3.8) is 0 Å². The highest BCUT2D eigenvalue weighted by Gasteiger charge is 2.15. The van der Waals surface area contributed by atoms with Gasteiger partial charge in [0.05, 0.1) is 6.61 Å². The van der Waals surface area contributed by atoms with Gasteiger partial charge >= 0.3 is 0 Å². The minimum Gasteiger partial charge on any atom is -0.359 e. The van der Waals surface area contributed by atoms with E-state index in [1.807, 2.05) is 0 Å². The zero-order valence-corrected chi connectivity index (χ0v) is 11.1. The van der Waals surface area contributed by atoms with Gasteiger partial charge < -0.3 is 20.0 Å². The monoisotopic (exact) mass is 274 g/mol. The number of nitrogens with one attached hydrogen (secondary N) is 1. The van der Waals surface area contributed by atoms with E-state index in [-0.39, 0.29) is 6.61 Å². The van der Waals surface area contributed by atoms with E-state index < -0.39 is 5.09 Å². The lowest BCUT2D eigenvalue weighted by atomic mass is 10.2. The molecule has 1 N–H and O–H groups in total. The van der Waals surface area contributed by atoms with Crippen molar-refractivity contribution in [2.24, 2.45) is 0 Å². The largest absolute Gasteiger partial charge is 0.359 e. The molecule has 1 heterocycles. The topological polar surface area (TPSA) is 88.0 Å². The lowest BCUT2D eigenvalue weighted by Crippen LogP contribution is -2.47. The second-order valence-electron chi connectivity index (χ2n) is 4.52. The zero-order valence-electron chi connectivity index (χ0n) is 11.1. The maximum Gasteiger partial charge on any atom is 0.294 e. The van der Waals surface area contributed by atoms with Crippen LogP contribution in [0.5, 0.6) is 0 Å². The van der Waals surface area contributed by atoms with Crippen LogP contribution < -0.4 is 5.32 Å². The quantitative estimate of drug-likeness (QED) is 0.246. The van der Waals surface area contributed by atoms with Crippen LogP contribution in [0.25, 0.3) is 0 Å². The van der Waals surface area contributed by atoms with E-state index in [2.05, 4.69) is 20.0 Å². The minimum absolute atomic E-state index is 0.171. The van der Waals surface area contributed by atoms with E-state index in [4.69, 9.17) is 0 Å². The molecule has 0 aromatic carbocycles. The first-order valence-corrected chi connectivity index (χ1v) is 6.61. The Balaban J connectivity index is 1.99. The van der Waals surface area contributed by atoms with Gasteiger partial charge in [-0.2, -0.15) is 0 Å². The molecule has 8 nitrogen and oxygen atoms in total. The first kappa shape index (κ1) is 15.6. The van der Waals surface area contributed by atoms with Gasteiger partial charge in [-0.15, -0.1) is 10.1 Å². The summed E-state index contributed by atoms with van der Waals surface area (Å²) in [6.45, 7) is 6.73. The van der Waals surface area contributed by atoms with Gasteiger partial charge in [0.15, 0.2) is 0 Å². The van der Waals surface area contributed by atoms with Crippen molar-refractivity contribution in [1.29, 1.82) is 0 Å². The third kappa shape index (κ3) is 7.58. The maximum atomic E-state index is 10.1. The second-order valence-corrected chi connectivity index (χ2v) is 4.52. The number of carbonyl (C=O) groups is 1. The molecule has 19 heavy (non-hydrogen) atoms. The fraction of sp³-hybridized carbons (Fsp3) is 0.909. The molecule has 0 aromatic rings. The Morgan fingerprint density at radius 1 is 1.16 bits per heavy atom. The molecule has 1 amide bonds.